The first-order valence-corrected chi connectivity index (χ1v) is 8.35. The molecule has 2 fully saturated rings. The van der Waals surface area contributed by atoms with Crippen molar-refractivity contribution in [3.05, 3.63) is 23.8 Å². The van der Waals surface area contributed by atoms with E-state index in [4.69, 9.17) is 10.5 Å². The highest BCUT2D eigenvalue weighted by Gasteiger charge is 2.35. The highest BCUT2D eigenvalue weighted by molar-refractivity contribution is 5.47. The Balaban J connectivity index is 1.59. The van der Waals surface area contributed by atoms with E-state index in [9.17, 15) is 0 Å². The number of piperidine rings is 1. The van der Waals surface area contributed by atoms with E-state index in [0.717, 1.165) is 18.0 Å². The van der Waals surface area contributed by atoms with Crippen molar-refractivity contribution in [1.82, 2.24) is 4.90 Å². The van der Waals surface area contributed by atoms with Crippen molar-refractivity contribution in [2.45, 2.75) is 51.5 Å². The maximum absolute atomic E-state index is 5.95. The Morgan fingerprint density at radius 1 is 1.05 bits per heavy atom. The van der Waals surface area contributed by atoms with Crippen molar-refractivity contribution >= 4 is 5.69 Å². The van der Waals surface area contributed by atoms with Crippen LogP contribution in [-0.4, -0.2) is 25.1 Å². The van der Waals surface area contributed by atoms with Crippen molar-refractivity contribution in [1.29, 1.82) is 0 Å². The number of nitrogens with two attached hydrogens (primary N) is 1. The van der Waals surface area contributed by atoms with Gasteiger partial charge in [0.1, 0.15) is 5.75 Å². The van der Waals surface area contributed by atoms with Crippen molar-refractivity contribution in [3.8, 4) is 5.75 Å². The first-order chi connectivity index (χ1) is 10.2. The molecule has 1 aromatic carbocycles. The number of rotatable bonds is 3. The zero-order valence-corrected chi connectivity index (χ0v) is 13.2. The van der Waals surface area contributed by atoms with E-state index >= 15 is 0 Å². The summed E-state index contributed by atoms with van der Waals surface area (Å²) >= 11 is 0. The highest BCUT2D eigenvalue weighted by atomic mass is 16.5. The van der Waals surface area contributed by atoms with Crippen LogP contribution in [0.4, 0.5) is 5.69 Å². The lowest BCUT2D eigenvalue weighted by Gasteiger charge is -2.44. The smallest absolute Gasteiger partial charge is 0.121 e. The summed E-state index contributed by atoms with van der Waals surface area (Å²) < 4.78 is 5.32. The maximum Gasteiger partial charge on any atom is 0.121 e. The van der Waals surface area contributed by atoms with E-state index in [1.165, 1.54) is 63.6 Å². The van der Waals surface area contributed by atoms with E-state index in [0.29, 0.717) is 5.41 Å². The molecule has 1 heterocycles. The average Bonchev–Trinajstić information content (AvgIpc) is 2.50. The minimum atomic E-state index is 0.683. The molecule has 1 spiro atoms. The molecule has 2 N–H and O–H groups in total. The van der Waals surface area contributed by atoms with Gasteiger partial charge in [0, 0.05) is 18.3 Å². The number of nitrogens with zero attached hydrogens (tertiary/aromatic N) is 1. The molecule has 1 saturated heterocycles. The molecular weight excluding hydrogens is 260 g/mol. The topological polar surface area (TPSA) is 38.5 Å². The van der Waals surface area contributed by atoms with Gasteiger partial charge in [0.15, 0.2) is 0 Å². The summed E-state index contributed by atoms with van der Waals surface area (Å²) in [5.41, 5.74) is 8.70. The second kappa shape index (κ2) is 6.27. The lowest BCUT2D eigenvalue weighted by molar-refractivity contribution is 0.0641. The number of ether oxygens (including phenoxy) is 1. The molecule has 21 heavy (non-hydrogen) atoms. The van der Waals surface area contributed by atoms with Gasteiger partial charge in [-0.3, -0.25) is 4.90 Å². The van der Waals surface area contributed by atoms with Crippen LogP contribution in [0.25, 0.3) is 0 Å². The zero-order chi connectivity index (χ0) is 14.7. The van der Waals surface area contributed by atoms with E-state index in [1.54, 1.807) is 7.11 Å². The first-order valence-electron chi connectivity index (χ1n) is 8.35. The SMILES string of the molecule is COc1cc(N)cc(CN2CCC3(CCCCC3)CC2)c1. The number of likely N-dealkylation sites (tertiary alicyclic amines) is 1. The summed E-state index contributed by atoms with van der Waals surface area (Å²) in [4.78, 5) is 2.58. The number of hydrogen-bond acceptors (Lipinski definition) is 3. The normalized spacial score (nSPS) is 22.3. The van der Waals surface area contributed by atoms with E-state index in [1.807, 2.05) is 6.07 Å². The molecular formula is C18H28N2O. The van der Waals surface area contributed by atoms with Gasteiger partial charge in [-0.25, -0.2) is 0 Å². The molecule has 1 aromatic rings. The largest absolute Gasteiger partial charge is 0.497 e. The monoisotopic (exact) mass is 288 g/mol. The predicted molar refractivity (Wildman–Crippen MR) is 87.4 cm³/mol. The quantitative estimate of drug-likeness (QED) is 0.859. The average molecular weight is 288 g/mol. The van der Waals surface area contributed by atoms with E-state index in [-0.39, 0.29) is 0 Å². The third-order valence-corrected chi connectivity index (χ3v) is 5.46. The van der Waals surface area contributed by atoms with Gasteiger partial charge in [-0.1, -0.05) is 19.3 Å². The molecule has 1 saturated carbocycles. The summed E-state index contributed by atoms with van der Waals surface area (Å²) in [6.45, 7) is 3.46. The Hall–Kier alpha value is -1.22. The second-order valence-electron chi connectivity index (χ2n) is 6.95. The maximum atomic E-state index is 5.95. The minimum absolute atomic E-state index is 0.683. The molecule has 3 nitrogen and oxygen atoms in total. The summed E-state index contributed by atoms with van der Waals surface area (Å²) in [5.74, 6) is 0.866. The lowest BCUT2D eigenvalue weighted by Crippen LogP contribution is -2.40. The Bertz CT molecular complexity index is 470. The number of benzene rings is 1. The first kappa shape index (κ1) is 14.7. The predicted octanol–water partition coefficient (Wildman–Crippen LogP) is 3.82. The summed E-state index contributed by atoms with van der Waals surface area (Å²) in [7, 11) is 1.70. The van der Waals surface area contributed by atoms with Crippen LogP contribution < -0.4 is 10.5 Å². The van der Waals surface area contributed by atoms with Gasteiger partial charge in [0.2, 0.25) is 0 Å². The third-order valence-electron chi connectivity index (χ3n) is 5.46. The summed E-state index contributed by atoms with van der Waals surface area (Å²) in [6.07, 6.45) is 10.0. The van der Waals surface area contributed by atoms with Crippen molar-refractivity contribution in [2.75, 3.05) is 25.9 Å². The second-order valence-corrected chi connectivity index (χ2v) is 6.95. The van der Waals surface area contributed by atoms with Gasteiger partial charge in [0.25, 0.3) is 0 Å². The van der Waals surface area contributed by atoms with E-state index < -0.39 is 0 Å². The third kappa shape index (κ3) is 3.52. The molecule has 3 heteroatoms. The fourth-order valence-corrected chi connectivity index (χ4v) is 4.14. The number of nitrogen functional groups attached to an aromatic ring is 1. The van der Waals surface area contributed by atoms with Crippen LogP contribution in [0.15, 0.2) is 18.2 Å². The van der Waals surface area contributed by atoms with Crippen LogP contribution in [0.3, 0.4) is 0 Å². The van der Waals surface area contributed by atoms with Crippen LogP contribution in [0.5, 0.6) is 5.75 Å². The highest BCUT2D eigenvalue weighted by Crippen LogP contribution is 2.44. The molecule has 1 aliphatic carbocycles. The van der Waals surface area contributed by atoms with Gasteiger partial charge in [-0.15, -0.1) is 0 Å². The van der Waals surface area contributed by atoms with Gasteiger partial charge < -0.3 is 10.5 Å². The molecule has 0 unspecified atom stereocenters. The fourth-order valence-electron chi connectivity index (χ4n) is 4.14. The van der Waals surface area contributed by atoms with Gasteiger partial charge in [-0.2, -0.15) is 0 Å². The zero-order valence-electron chi connectivity index (χ0n) is 13.2. The molecule has 0 atom stereocenters. The molecule has 0 aromatic heterocycles. The number of methoxy groups -OCH3 is 1. The van der Waals surface area contributed by atoms with Crippen molar-refractivity contribution in [3.63, 3.8) is 0 Å². The number of anilines is 1. The van der Waals surface area contributed by atoms with Crippen LogP contribution in [0, 0.1) is 5.41 Å². The minimum Gasteiger partial charge on any atom is -0.497 e. The molecule has 0 bridgehead atoms. The molecule has 2 aliphatic rings. The standard InChI is InChI=1S/C18H28N2O/c1-21-17-12-15(11-16(19)13-17)14-20-9-7-18(8-10-20)5-3-2-4-6-18/h11-13H,2-10,14,19H2,1H3. The Kier molecular flexibility index (Phi) is 4.39. The molecule has 0 amide bonds. The van der Waals surface area contributed by atoms with Gasteiger partial charge >= 0.3 is 0 Å². The Morgan fingerprint density at radius 2 is 1.76 bits per heavy atom. The summed E-state index contributed by atoms with van der Waals surface area (Å²) in [6, 6.07) is 6.07. The van der Waals surface area contributed by atoms with Crippen molar-refractivity contribution < 1.29 is 4.74 Å². The van der Waals surface area contributed by atoms with Crippen LogP contribution >= 0.6 is 0 Å². The van der Waals surface area contributed by atoms with Crippen molar-refractivity contribution in [2.24, 2.45) is 5.41 Å². The molecule has 116 valence electrons. The molecule has 1 aliphatic heterocycles. The van der Waals surface area contributed by atoms with Gasteiger partial charge in [-0.05, 0) is 61.9 Å². The van der Waals surface area contributed by atoms with E-state index in [2.05, 4.69) is 17.0 Å². The van der Waals surface area contributed by atoms with Crippen LogP contribution in [0.2, 0.25) is 0 Å². The molecule has 3 rings (SSSR count). The Labute approximate surface area is 128 Å². The lowest BCUT2D eigenvalue weighted by atomic mass is 9.68. The van der Waals surface area contributed by atoms with Crippen LogP contribution in [-0.2, 0) is 6.54 Å². The number of hydrogen-bond donors (Lipinski definition) is 1. The summed E-state index contributed by atoms with van der Waals surface area (Å²) in [5, 5.41) is 0. The Morgan fingerprint density at radius 3 is 2.43 bits per heavy atom. The molecule has 0 radical (unpaired) electrons. The van der Waals surface area contributed by atoms with Crippen LogP contribution in [0.1, 0.15) is 50.5 Å². The van der Waals surface area contributed by atoms with Gasteiger partial charge in [0.05, 0.1) is 7.11 Å². The fraction of sp³-hybridized carbons (Fsp3) is 0.667.